The molecule has 33 heavy (non-hydrogen) atoms. The molecule has 1 saturated heterocycles. The number of rotatable bonds is 7. The Labute approximate surface area is 192 Å². The molecule has 0 bridgehead atoms. The summed E-state index contributed by atoms with van der Waals surface area (Å²) >= 11 is 0. The highest BCUT2D eigenvalue weighted by Gasteiger charge is 2.27. The van der Waals surface area contributed by atoms with Gasteiger partial charge in [0.1, 0.15) is 16.9 Å². The van der Waals surface area contributed by atoms with E-state index in [1.54, 1.807) is 13.3 Å². The third-order valence-electron chi connectivity index (χ3n) is 6.14. The maximum atomic E-state index is 12.8. The van der Waals surface area contributed by atoms with Gasteiger partial charge in [0.15, 0.2) is 5.82 Å². The van der Waals surface area contributed by atoms with Crippen molar-refractivity contribution in [2.24, 2.45) is 0 Å². The Bertz CT molecular complexity index is 1270. The van der Waals surface area contributed by atoms with Gasteiger partial charge in [0, 0.05) is 42.2 Å². The van der Waals surface area contributed by atoms with Crippen molar-refractivity contribution in [3.63, 3.8) is 0 Å². The van der Waals surface area contributed by atoms with Crippen LogP contribution in [0, 0.1) is 0 Å². The third-order valence-corrected chi connectivity index (χ3v) is 6.14. The number of aromatic nitrogens is 2. The van der Waals surface area contributed by atoms with Gasteiger partial charge in [-0.1, -0.05) is 18.2 Å². The van der Waals surface area contributed by atoms with Crippen molar-refractivity contribution < 1.29 is 13.9 Å². The molecule has 1 N–H and O–H groups in total. The molecule has 2 aromatic carbocycles. The van der Waals surface area contributed by atoms with E-state index in [-0.39, 0.29) is 12.5 Å². The average Bonchev–Trinajstić information content (AvgIpc) is 3.42. The van der Waals surface area contributed by atoms with E-state index in [4.69, 9.17) is 9.15 Å². The molecular weight excluding hydrogens is 418 g/mol. The summed E-state index contributed by atoms with van der Waals surface area (Å²) in [6, 6.07) is 15.8. The molecule has 2 aromatic heterocycles. The summed E-state index contributed by atoms with van der Waals surface area (Å²) in [7, 11) is 3.57. The number of amides is 1. The van der Waals surface area contributed by atoms with Crippen LogP contribution in [0.25, 0.3) is 21.9 Å². The third kappa shape index (κ3) is 4.34. The number of furan rings is 1. The van der Waals surface area contributed by atoms with Gasteiger partial charge >= 0.3 is 0 Å². The number of ether oxygens (including phenoxy) is 1. The van der Waals surface area contributed by atoms with Crippen molar-refractivity contribution in [3.8, 4) is 5.75 Å². The van der Waals surface area contributed by atoms with Gasteiger partial charge in [0.2, 0.25) is 5.91 Å². The summed E-state index contributed by atoms with van der Waals surface area (Å²) in [6.45, 7) is 1.99. The fraction of sp³-hybridized carbons (Fsp3) is 0.320. The van der Waals surface area contributed by atoms with Crippen LogP contribution in [0.15, 0.2) is 59.1 Å². The number of carbonyl (C=O) groups excluding carboxylic acids is 1. The number of methoxy groups -OCH3 is 1. The Morgan fingerprint density at radius 1 is 1.21 bits per heavy atom. The Kier molecular flexibility index (Phi) is 5.83. The molecule has 0 spiro atoms. The van der Waals surface area contributed by atoms with Crippen LogP contribution < -0.4 is 15.0 Å². The van der Waals surface area contributed by atoms with E-state index in [1.807, 2.05) is 60.5 Å². The molecular formula is C25H27N5O3. The molecule has 0 saturated carbocycles. The first-order chi connectivity index (χ1) is 16.1. The Morgan fingerprint density at radius 3 is 2.91 bits per heavy atom. The lowest BCUT2D eigenvalue weighted by Crippen LogP contribution is -2.42. The normalized spacial score (nSPS) is 16.1. The molecule has 170 valence electrons. The second kappa shape index (κ2) is 9.07. The summed E-state index contributed by atoms with van der Waals surface area (Å²) in [6.07, 6.45) is 3.86. The van der Waals surface area contributed by atoms with Gasteiger partial charge in [-0.15, -0.1) is 5.10 Å². The monoisotopic (exact) mass is 445 g/mol. The molecule has 1 amide bonds. The number of hydrogen-bond donors (Lipinski definition) is 1. The Hall–Kier alpha value is -3.65. The largest absolute Gasteiger partial charge is 0.495 e. The van der Waals surface area contributed by atoms with Crippen molar-refractivity contribution in [2.75, 3.05) is 44.0 Å². The number of benzene rings is 2. The van der Waals surface area contributed by atoms with Crippen LogP contribution in [0.3, 0.4) is 0 Å². The van der Waals surface area contributed by atoms with E-state index in [2.05, 4.69) is 20.4 Å². The van der Waals surface area contributed by atoms with E-state index in [0.29, 0.717) is 23.1 Å². The number of nitrogens with one attached hydrogen (secondary N) is 1. The number of likely N-dealkylation sites (N-methyl/N-ethyl adjacent to an activating group) is 1. The summed E-state index contributed by atoms with van der Waals surface area (Å²) in [4.78, 5) is 17.2. The topological polar surface area (TPSA) is 83.7 Å². The Balaban J connectivity index is 1.27. The van der Waals surface area contributed by atoms with Crippen molar-refractivity contribution >= 4 is 39.4 Å². The van der Waals surface area contributed by atoms with Crippen LogP contribution in [-0.2, 0) is 4.79 Å². The highest BCUT2D eigenvalue weighted by Crippen LogP contribution is 2.36. The predicted octanol–water partition coefficient (Wildman–Crippen LogP) is 3.92. The zero-order chi connectivity index (χ0) is 22.8. The van der Waals surface area contributed by atoms with E-state index < -0.39 is 0 Å². The number of hydrogen-bond acceptors (Lipinski definition) is 7. The SMILES string of the molecule is COc1cc2c(cc1NC(=O)CN(C)CC1CCCN1c1cccnn1)oc1ccccc12. The molecule has 1 aliphatic heterocycles. The fourth-order valence-corrected chi connectivity index (χ4v) is 4.65. The lowest BCUT2D eigenvalue weighted by atomic mass is 10.1. The van der Waals surface area contributed by atoms with E-state index in [1.165, 1.54) is 0 Å². The molecule has 8 heteroatoms. The summed E-state index contributed by atoms with van der Waals surface area (Å²) in [5, 5.41) is 13.2. The number of nitrogens with zero attached hydrogens (tertiary/aromatic N) is 4. The zero-order valence-electron chi connectivity index (χ0n) is 18.8. The van der Waals surface area contributed by atoms with Crippen molar-refractivity contribution in [3.05, 3.63) is 54.7 Å². The minimum absolute atomic E-state index is 0.102. The van der Waals surface area contributed by atoms with Gasteiger partial charge in [-0.2, -0.15) is 5.10 Å². The summed E-state index contributed by atoms with van der Waals surface area (Å²) in [5.74, 6) is 1.40. The van der Waals surface area contributed by atoms with Crippen LogP contribution in [-0.4, -0.2) is 60.8 Å². The molecule has 4 aromatic rings. The second-order valence-electron chi connectivity index (χ2n) is 8.46. The molecule has 0 radical (unpaired) electrons. The van der Waals surface area contributed by atoms with Crippen LogP contribution in [0.5, 0.6) is 5.75 Å². The molecule has 3 heterocycles. The van der Waals surface area contributed by atoms with Crippen LogP contribution in [0.1, 0.15) is 12.8 Å². The Morgan fingerprint density at radius 2 is 2.09 bits per heavy atom. The fourth-order valence-electron chi connectivity index (χ4n) is 4.65. The van der Waals surface area contributed by atoms with Crippen LogP contribution >= 0.6 is 0 Å². The maximum Gasteiger partial charge on any atom is 0.238 e. The average molecular weight is 446 g/mol. The van der Waals surface area contributed by atoms with E-state index in [9.17, 15) is 4.79 Å². The zero-order valence-corrected chi connectivity index (χ0v) is 18.8. The summed E-state index contributed by atoms with van der Waals surface area (Å²) < 4.78 is 11.5. The number of anilines is 2. The first kappa shape index (κ1) is 21.2. The smallest absolute Gasteiger partial charge is 0.238 e. The number of carbonyl (C=O) groups is 1. The number of fused-ring (bicyclic) bond motifs is 3. The van der Waals surface area contributed by atoms with E-state index in [0.717, 1.165) is 48.1 Å². The first-order valence-electron chi connectivity index (χ1n) is 11.1. The van der Waals surface area contributed by atoms with Crippen LogP contribution in [0.4, 0.5) is 11.5 Å². The molecule has 1 unspecified atom stereocenters. The molecule has 5 rings (SSSR count). The maximum absolute atomic E-state index is 12.8. The molecule has 8 nitrogen and oxygen atoms in total. The molecule has 1 aliphatic rings. The van der Waals surface area contributed by atoms with Crippen LogP contribution in [0.2, 0.25) is 0 Å². The van der Waals surface area contributed by atoms with Gasteiger partial charge in [-0.25, -0.2) is 0 Å². The van der Waals surface area contributed by atoms with Gasteiger partial charge in [0.05, 0.1) is 19.3 Å². The predicted molar refractivity (Wildman–Crippen MR) is 129 cm³/mol. The lowest BCUT2D eigenvalue weighted by molar-refractivity contribution is -0.117. The highest BCUT2D eigenvalue weighted by molar-refractivity contribution is 6.07. The first-order valence-corrected chi connectivity index (χ1v) is 11.1. The van der Waals surface area contributed by atoms with Gasteiger partial charge in [0.25, 0.3) is 0 Å². The summed E-state index contributed by atoms with van der Waals surface area (Å²) in [5.41, 5.74) is 2.12. The minimum Gasteiger partial charge on any atom is -0.495 e. The second-order valence-corrected chi connectivity index (χ2v) is 8.46. The van der Waals surface area contributed by atoms with Gasteiger partial charge < -0.3 is 19.4 Å². The van der Waals surface area contributed by atoms with Crippen molar-refractivity contribution in [1.82, 2.24) is 15.1 Å². The van der Waals surface area contributed by atoms with E-state index >= 15 is 0 Å². The number of para-hydroxylation sites is 1. The van der Waals surface area contributed by atoms with Crippen molar-refractivity contribution in [1.29, 1.82) is 0 Å². The van der Waals surface area contributed by atoms with Gasteiger partial charge in [-0.05, 0) is 44.2 Å². The van der Waals surface area contributed by atoms with Crippen molar-refractivity contribution in [2.45, 2.75) is 18.9 Å². The molecule has 1 atom stereocenters. The van der Waals surface area contributed by atoms with Gasteiger partial charge in [-0.3, -0.25) is 9.69 Å². The minimum atomic E-state index is -0.102. The lowest BCUT2D eigenvalue weighted by Gasteiger charge is -2.29. The molecule has 0 aliphatic carbocycles. The quantitative estimate of drug-likeness (QED) is 0.461. The highest BCUT2D eigenvalue weighted by atomic mass is 16.5. The standard InChI is InChI=1S/C25H27N5O3/c1-29(15-17-7-6-12-30(17)24-10-5-11-26-28-24)16-25(31)27-20-14-22-19(13-23(20)32-2)18-8-3-4-9-21(18)33-22/h3-5,8-11,13-14,17H,6-7,12,15-16H2,1-2H3,(H,27,31). The molecule has 1 fully saturated rings.